The first-order chi connectivity index (χ1) is 12.5. The zero-order chi connectivity index (χ0) is 18.6. The predicted octanol–water partition coefficient (Wildman–Crippen LogP) is 3.38. The van der Waals surface area contributed by atoms with Crippen molar-refractivity contribution >= 4 is 11.8 Å². The van der Waals surface area contributed by atoms with E-state index in [2.05, 4.69) is 5.32 Å². The van der Waals surface area contributed by atoms with Gasteiger partial charge in [-0.2, -0.15) is 0 Å². The zero-order valence-electron chi connectivity index (χ0n) is 14.9. The molecule has 3 rings (SSSR count). The monoisotopic (exact) mass is 354 g/mol. The van der Waals surface area contributed by atoms with Gasteiger partial charge in [-0.1, -0.05) is 36.4 Å². The maximum atomic E-state index is 13.4. The van der Waals surface area contributed by atoms with Crippen LogP contribution in [0.15, 0.2) is 54.6 Å². The molecule has 1 fully saturated rings. The number of piperidine rings is 1. The number of amides is 2. The standard InChI is InChI=1S/C21H23FN2O2/c1-21(20(26)23-14-16-7-3-2-4-8-16)11-6-12-24(15-21)19(25)17-9-5-10-18(22)13-17/h2-5,7-10,13H,6,11-12,14-15H2,1H3,(H,23,26)/t21-/m0/s1. The second-order valence-corrected chi connectivity index (χ2v) is 7.07. The molecule has 0 bridgehead atoms. The van der Waals surface area contributed by atoms with Crippen molar-refractivity contribution in [1.82, 2.24) is 10.2 Å². The number of halogens is 1. The third kappa shape index (κ3) is 4.10. The van der Waals surface area contributed by atoms with Gasteiger partial charge in [-0.05, 0) is 43.5 Å². The summed E-state index contributed by atoms with van der Waals surface area (Å²) in [5.74, 6) is -0.722. The second kappa shape index (κ2) is 7.68. The molecule has 0 spiro atoms. The fourth-order valence-corrected chi connectivity index (χ4v) is 3.39. The van der Waals surface area contributed by atoms with Crippen LogP contribution in [0.25, 0.3) is 0 Å². The van der Waals surface area contributed by atoms with Gasteiger partial charge in [0.2, 0.25) is 5.91 Å². The first-order valence-corrected chi connectivity index (χ1v) is 8.85. The Kier molecular flexibility index (Phi) is 5.35. The average Bonchev–Trinajstić information content (AvgIpc) is 2.66. The van der Waals surface area contributed by atoms with E-state index in [4.69, 9.17) is 0 Å². The number of benzene rings is 2. The summed E-state index contributed by atoms with van der Waals surface area (Å²) in [5, 5.41) is 2.98. The maximum Gasteiger partial charge on any atom is 0.253 e. The summed E-state index contributed by atoms with van der Waals surface area (Å²) in [6, 6.07) is 15.4. The number of nitrogens with one attached hydrogen (secondary N) is 1. The molecular weight excluding hydrogens is 331 g/mol. The van der Waals surface area contributed by atoms with Gasteiger partial charge in [-0.15, -0.1) is 0 Å². The Morgan fingerprint density at radius 1 is 1.15 bits per heavy atom. The molecule has 1 saturated heterocycles. The summed E-state index contributed by atoms with van der Waals surface area (Å²) < 4.78 is 13.4. The van der Waals surface area contributed by atoms with Gasteiger partial charge < -0.3 is 10.2 Å². The molecule has 1 aliphatic heterocycles. The Bertz CT molecular complexity index is 794. The molecule has 1 heterocycles. The minimum Gasteiger partial charge on any atom is -0.351 e. The topological polar surface area (TPSA) is 49.4 Å². The molecule has 1 aliphatic rings. The smallest absolute Gasteiger partial charge is 0.253 e. The van der Waals surface area contributed by atoms with Crippen LogP contribution in [0.2, 0.25) is 0 Å². The fraction of sp³-hybridized carbons (Fsp3) is 0.333. The molecule has 2 amide bonds. The van der Waals surface area contributed by atoms with Crippen LogP contribution in [0.3, 0.4) is 0 Å². The number of likely N-dealkylation sites (tertiary alicyclic amines) is 1. The van der Waals surface area contributed by atoms with Crippen LogP contribution in [0.1, 0.15) is 35.7 Å². The van der Waals surface area contributed by atoms with E-state index in [9.17, 15) is 14.0 Å². The van der Waals surface area contributed by atoms with Crippen LogP contribution >= 0.6 is 0 Å². The number of carbonyl (C=O) groups is 2. The van der Waals surface area contributed by atoms with Gasteiger partial charge in [0, 0.05) is 25.2 Å². The first kappa shape index (κ1) is 18.1. The molecule has 0 radical (unpaired) electrons. The molecule has 0 aliphatic carbocycles. The SMILES string of the molecule is C[C@]1(C(=O)NCc2ccccc2)CCCN(C(=O)c2cccc(F)c2)C1. The maximum absolute atomic E-state index is 13.4. The molecular formula is C21H23FN2O2. The number of hydrogen-bond acceptors (Lipinski definition) is 2. The predicted molar refractivity (Wildman–Crippen MR) is 97.9 cm³/mol. The van der Waals surface area contributed by atoms with Crippen molar-refractivity contribution in [2.75, 3.05) is 13.1 Å². The van der Waals surface area contributed by atoms with E-state index in [0.717, 1.165) is 18.4 Å². The molecule has 26 heavy (non-hydrogen) atoms. The van der Waals surface area contributed by atoms with E-state index in [1.165, 1.54) is 18.2 Å². The van der Waals surface area contributed by atoms with Gasteiger partial charge in [0.25, 0.3) is 5.91 Å². The Labute approximate surface area is 153 Å². The zero-order valence-corrected chi connectivity index (χ0v) is 14.9. The Balaban J connectivity index is 1.66. The summed E-state index contributed by atoms with van der Waals surface area (Å²) in [6.07, 6.45) is 1.47. The number of carbonyl (C=O) groups excluding carboxylic acids is 2. The summed E-state index contributed by atoms with van der Waals surface area (Å²) in [5.41, 5.74) is 0.711. The molecule has 2 aromatic carbocycles. The highest BCUT2D eigenvalue weighted by molar-refractivity contribution is 5.95. The van der Waals surface area contributed by atoms with E-state index < -0.39 is 11.2 Å². The Morgan fingerprint density at radius 3 is 2.65 bits per heavy atom. The van der Waals surface area contributed by atoms with Crippen LogP contribution < -0.4 is 5.32 Å². The summed E-state index contributed by atoms with van der Waals surface area (Å²) in [6.45, 7) is 3.27. The molecule has 1 N–H and O–H groups in total. The molecule has 1 atom stereocenters. The van der Waals surface area contributed by atoms with Gasteiger partial charge in [-0.25, -0.2) is 4.39 Å². The first-order valence-electron chi connectivity index (χ1n) is 8.85. The lowest BCUT2D eigenvalue weighted by molar-refractivity contribution is -0.132. The normalized spacial score (nSPS) is 19.8. The van der Waals surface area contributed by atoms with Crippen molar-refractivity contribution in [3.63, 3.8) is 0 Å². The van der Waals surface area contributed by atoms with Crippen molar-refractivity contribution in [3.05, 3.63) is 71.5 Å². The quantitative estimate of drug-likeness (QED) is 0.915. The van der Waals surface area contributed by atoms with E-state index >= 15 is 0 Å². The van der Waals surface area contributed by atoms with Crippen molar-refractivity contribution in [2.45, 2.75) is 26.3 Å². The van der Waals surface area contributed by atoms with Gasteiger partial charge in [-0.3, -0.25) is 9.59 Å². The molecule has 136 valence electrons. The second-order valence-electron chi connectivity index (χ2n) is 7.07. The van der Waals surface area contributed by atoms with Crippen LogP contribution in [0, 0.1) is 11.2 Å². The molecule has 5 heteroatoms. The van der Waals surface area contributed by atoms with Crippen molar-refractivity contribution in [2.24, 2.45) is 5.41 Å². The summed E-state index contributed by atoms with van der Waals surface area (Å²) in [7, 11) is 0. The minimum atomic E-state index is -0.643. The number of nitrogens with zero attached hydrogens (tertiary/aromatic N) is 1. The highest BCUT2D eigenvalue weighted by Gasteiger charge is 2.39. The lowest BCUT2D eigenvalue weighted by Gasteiger charge is -2.39. The molecule has 0 aromatic heterocycles. The van der Waals surface area contributed by atoms with E-state index in [0.29, 0.717) is 25.2 Å². The Hall–Kier alpha value is -2.69. The van der Waals surface area contributed by atoms with Crippen molar-refractivity contribution in [1.29, 1.82) is 0 Å². The Morgan fingerprint density at radius 2 is 1.92 bits per heavy atom. The van der Waals surface area contributed by atoms with E-state index in [-0.39, 0.29) is 11.8 Å². The third-order valence-corrected chi connectivity index (χ3v) is 4.90. The minimum absolute atomic E-state index is 0.0573. The van der Waals surface area contributed by atoms with Gasteiger partial charge in [0.15, 0.2) is 0 Å². The van der Waals surface area contributed by atoms with Gasteiger partial charge >= 0.3 is 0 Å². The molecule has 2 aromatic rings. The van der Waals surface area contributed by atoms with Crippen molar-refractivity contribution in [3.8, 4) is 0 Å². The van der Waals surface area contributed by atoms with Gasteiger partial charge in [0.05, 0.1) is 5.41 Å². The van der Waals surface area contributed by atoms with E-state index in [1.807, 2.05) is 37.3 Å². The number of rotatable bonds is 4. The highest BCUT2D eigenvalue weighted by Crippen LogP contribution is 2.30. The fourth-order valence-electron chi connectivity index (χ4n) is 3.39. The average molecular weight is 354 g/mol. The van der Waals surface area contributed by atoms with Gasteiger partial charge in [0.1, 0.15) is 5.82 Å². The van der Waals surface area contributed by atoms with Crippen LogP contribution in [0.4, 0.5) is 4.39 Å². The van der Waals surface area contributed by atoms with Crippen LogP contribution in [0.5, 0.6) is 0 Å². The summed E-state index contributed by atoms with van der Waals surface area (Å²) in [4.78, 5) is 27.1. The van der Waals surface area contributed by atoms with Crippen LogP contribution in [-0.2, 0) is 11.3 Å². The summed E-state index contributed by atoms with van der Waals surface area (Å²) >= 11 is 0. The highest BCUT2D eigenvalue weighted by atomic mass is 19.1. The largest absolute Gasteiger partial charge is 0.351 e. The molecule has 0 unspecified atom stereocenters. The van der Waals surface area contributed by atoms with Crippen molar-refractivity contribution < 1.29 is 14.0 Å². The third-order valence-electron chi connectivity index (χ3n) is 4.90. The lowest BCUT2D eigenvalue weighted by Crippen LogP contribution is -2.51. The van der Waals surface area contributed by atoms with E-state index in [1.54, 1.807) is 11.0 Å². The molecule has 4 nitrogen and oxygen atoms in total. The van der Waals surface area contributed by atoms with Crippen LogP contribution in [-0.4, -0.2) is 29.8 Å². The molecule has 0 saturated carbocycles. The lowest BCUT2D eigenvalue weighted by atomic mass is 9.80. The number of hydrogen-bond donors (Lipinski definition) is 1.